The Morgan fingerprint density at radius 3 is 2.18 bits per heavy atom. The summed E-state index contributed by atoms with van der Waals surface area (Å²) in [5.41, 5.74) is 1.42. The van der Waals surface area contributed by atoms with Crippen LogP contribution in [0.25, 0.3) is 11.4 Å². The largest absolute Gasteiger partial charge is 0.490 e. The van der Waals surface area contributed by atoms with Gasteiger partial charge in [-0.05, 0) is 50.3 Å². The van der Waals surface area contributed by atoms with Crippen LogP contribution in [0.1, 0.15) is 103 Å². The molecular weight excluding hydrogens is 415 g/mol. The highest BCUT2D eigenvalue weighted by Crippen LogP contribution is 2.22. The summed E-state index contributed by atoms with van der Waals surface area (Å²) < 4.78 is 20.4. The molecule has 184 valence electrons. The smallest absolute Gasteiger partial charge is 0.162 e. The zero-order valence-corrected chi connectivity index (χ0v) is 20.7. The molecule has 4 nitrogen and oxygen atoms in total. The standard InChI is InChI=1S/C28H43FN2O2/c1-3-4-5-6-7-8-11-14-19-33-25-21-30-28(31-22-25)26-18-17-24(20-27(26)29)16-13-10-9-12-15-23(2)32/h17-18,20-23,32H,3-16,19H2,1-2H3. The van der Waals surface area contributed by atoms with Gasteiger partial charge in [-0.15, -0.1) is 0 Å². The Balaban J connectivity index is 1.68. The van der Waals surface area contributed by atoms with Crippen molar-refractivity contribution in [2.24, 2.45) is 0 Å². The summed E-state index contributed by atoms with van der Waals surface area (Å²) in [4.78, 5) is 8.62. The maximum absolute atomic E-state index is 14.6. The number of nitrogens with zero attached hydrogens (tertiary/aromatic N) is 2. The van der Waals surface area contributed by atoms with E-state index in [1.807, 2.05) is 13.0 Å². The van der Waals surface area contributed by atoms with Crippen LogP contribution in [0.4, 0.5) is 4.39 Å². The molecule has 1 unspecified atom stereocenters. The SMILES string of the molecule is CCCCCCCCCCOc1cnc(-c2ccc(CCCCCCC(C)O)cc2F)nc1. The topological polar surface area (TPSA) is 55.2 Å². The number of unbranched alkanes of at least 4 members (excludes halogenated alkanes) is 10. The van der Waals surface area contributed by atoms with Gasteiger partial charge >= 0.3 is 0 Å². The average molecular weight is 459 g/mol. The van der Waals surface area contributed by atoms with E-state index in [9.17, 15) is 9.50 Å². The number of aliphatic hydroxyl groups excluding tert-OH is 1. The predicted octanol–water partition coefficient (Wildman–Crippen LogP) is 7.68. The molecule has 0 aliphatic rings. The fraction of sp³-hybridized carbons (Fsp3) is 0.643. The second-order valence-electron chi connectivity index (χ2n) is 9.18. The van der Waals surface area contributed by atoms with E-state index < -0.39 is 0 Å². The minimum absolute atomic E-state index is 0.218. The van der Waals surface area contributed by atoms with E-state index in [1.165, 1.54) is 44.9 Å². The lowest BCUT2D eigenvalue weighted by molar-refractivity contribution is 0.180. The molecular formula is C28H43FN2O2. The van der Waals surface area contributed by atoms with Crippen LogP contribution in [-0.2, 0) is 6.42 Å². The minimum atomic E-state index is -0.283. The number of benzene rings is 1. The zero-order chi connectivity index (χ0) is 23.7. The Bertz CT molecular complexity index is 765. The molecule has 0 aliphatic heterocycles. The molecule has 0 radical (unpaired) electrons. The van der Waals surface area contributed by atoms with Gasteiger partial charge in [0.25, 0.3) is 0 Å². The summed E-state index contributed by atoms with van der Waals surface area (Å²) in [6.45, 7) is 4.73. The third-order valence-corrected chi connectivity index (χ3v) is 6.01. The molecule has 0 bridgehead atoms. The molecule has 1 N–H and O–H groups in total. The predicted molar refractivity (Wildman–Crippen MR) is 134 cm³/mol. The molecule has 1 aromatic carbocycles. The number of hydrogen-bond acceptors (Lipinski definition) is 4. The Kier molecular flexibility index (Phi) is 13.7. The molecule has 0 saturated carbocycles. The van der Waals surface area contributed by atoms with Gasteiger partial charge < -0.3 is 9.84 Å². The van der Waals surface area contributed by atoms with Crippen molar-refractivity contribution in [3.05, 3.63) is 42.0 Å². The minimum Gasteiger partial charge on any atom is -0.490 e. The number of rotatable bonds is 18. The van der Waals surface area contributed by atoms with Crippen LogP contribution in [0, 0.1) is 5.82 Å². The van der Waals surface area contributed by atoms with Crippen LogP contribution >= 0.6 is 0 Å². The van der Waals surface area contributed by atoms with Crippen LogP contribution in [-0.4, -0.2) is 27.8 Å². The van der Waals surface area contributed by atoms with Crippen LogP contribution in [0.5, 0.6) is 5.75 Å². The molecule has 1 heterocycles. The van der Waals surface area contributed by atoms with Crippen molar-refractivity contribution in [2.45, 2.75) is 110 Å². The quantitative estimate of drug-likeness (QED) is 0.233. The van der Waals surface area contributed by atoms with Gasteiger partial charge in [0.15, 0.2) is 11.6 Å². The highest BCUT2D eigenvalue weighted by Gasteiger charge is 2.09. The second-order valence-corrected chi connectivity index (χ2v) is 9.18. The second kappa shape index (κ2) is 16.6. The van der Waals surface area contributed by atoms with Crippen LogP contribution in [0.2, 0.25) is 0 Å². The van der Waals surface area contributed by atoms with Gasteiger partial charge in [0.1, 0.15) is 5.82 Å². The lowest BCUT2D eigenvalue weighted by Gasteiger charge is -2.08. The van der Waals surface area contributed by atoms with Crippen molar-refractivity contribution in [2.75, 3.05) is 6.61 Å². The number of aromatic nitrogens is 2. The normalized spacial score (nSPS) is 12.1. The van der Waals surface area contributed by atoms with E-state index in [2.05, 4.69) is 16.9 Å². The van der Waals surface area contributed by atoms with Crippen LogP contribution in [0.3, 0.4) is 0 Å². The first kappa shape index (κ1) is 27.2. The van der Waals surface area contributed by atoms with Crippen molar-refractivity contribution < 1.29 is 14.2 Å². The van der Waals surface area contributed by atoms with Gasteiger partial charge in [-0.3, -0.25) is 0 Å². The number of aliphatic hydroxyl groups is 1. The van der Waals surface area contributed by atoms with Crippen molar-refractivity contribution in [1.29, 1.82) is 0 Å². The van der Waals surface area contributed by atoms with Gasteiger partial charge in [0.05, 0.1) is 30.7 Å². The van der Waals surface area contributed by atoms with Gasteiger partial charge in [0, 0.05) is 0 Å². The number of hydrogen-bond donors (Lipinski definition) is 1. The van der Waals surface area contributed by atoms with Crippen LogP contribution < -0.4 is 4.74 Å². The first-order valence-electron chi connectivity index (χ1n) is 13.0. The molecule has 0 amide bonds. The molecule has 0 fully saturated rings. The summed E-state index contributed by atoms with van der Waals surface area (Å²) in [6, 6.07) is 5.33. The molecule has 1 aromatic heterocycles. The lowest BCUT2D eigenvalue weighted by atomic mass is 10.0. The fourth-order valence-corrected chi connectivity index (χ4v) is 3.97. The van der Waals surface area contributed by atoms with E-state index in [4.69, 9.17) is 4.74 Å². The van der Waals surface area contributed by atoms with Crippen molar-refractivity contribution in [1.82, 2.24) is 9.97 Å². The van der Waals surface area contributed by atoms with Crippen LogP contribution in [0.15, 0.2) is 30.6 Å². The van der Waals surface area contributed by atoms with Crippen molar-refractivity contribution >= 4 is 0 Å². The molecule has 2 aromatic rings. The maximum atomic E-state index is 14.6. The molecule has 0 saturated heterocycles. The first-order valence-corrected chi connectivity index (χ1v) is 13.0. The van der Waals surface area contributed by atoms with Crippen molar-refractivity contribution in [3.63, 3.8) is 0 Å². The zero-order valence-electron chi connectivity index (χ0n) is 20.7. The van der Waals surface area contributed by atoms with E-state index in [-0.39, 0.29) is 11.9 Å². The molecule has 5 heteroatoms. The maximum Gasteiger partial charge on any atom is 0.162 e. The third-order valence-electron chi connectivity index (χ3n) is 6.01. The van der Waals surface area contributed by atoms with Gasteiger partial charge in [0.2, 0.25) is 0 Å². The monoisotopic (exact) mass is 458 g/mol. The highest BCUT2D eigenvalue weighted by atomic mass is 19.1. The van der Waals surface area contributed by atoms with E-state index in [1.54, 1.807) is 24.5 Å². The number of halogens is 1. The summed E-state index contributed by atoms with van der Waals surface area (Å²) in [5.74, 6) is 0.736. The summed E-state index contributed by atoms with van der Waals surface area (Å²) in [6.07, 6.45) is 19.2. The molecule has 0 aliphatic carbocycles. The molecule has 1 atom stereocenters. The Morgan fingerprint density at radius 2 is 1.52 bits per heavy atom. The third kappa shape index (κ3) is 11.6. The summed E-state index contributed by atoms with van der Waals surface area (Å²) in [5, 5.41) is 9.29. The number of aryl methyl sites for hydroxylation is 1. The fourth-order valence-electron chi connectivity index (χ4n) is 3.97. The highest BCUT2D eigenvalue weighted by molar-refractivity contribution is 5.56. The van der Waals surface area contributed by atoms with E-state index in [0.717, 1.165) is 50.5 Å². The molecule has 33 heavy (non-hydrogen) atoms. The average Bonchev–Trinajstić information content (AvgIpc) is 2.81. The van der Waals surface area contributed by atoms with E-state index in [0.29, 0.717) is 23.7 Å². The summed E-state index contributed by atoms with van der Waals surface area (Å²) >= 11 is 0. The Labute approximate surface area is 200 Å². The van der Waals surface area contributed by atoms with Gasteiger partial charge in [-0.2, -0.15) is 0 Å². The van der Waals surface area contributed by atoms with Gasteiger partial charge in [-0.25, -0.2) is 14.4 Å². The first-order chi connectivity index (χ1) is 16.1. The van der Waals surface area contributed by atoms with Gasteiger partial charge in [-0.1, -0.05) is 77.2 Å². The molecule has 2 rings (SSSR count). The number of ether oxygens (including phenoxy) is 1. The summed E-state index contributed by atoms with van der Waals surface area (Å²) in [7, 11) is 0. The Hall–Kier alpha value is -2.01. The Morgan fingerprint density at radius 1 is 0.879 bits per heavy atom. The lowest BCUT2D eigenvalue weighted by Crippen LogP contribution is -2.00. The molecule has 0 spiro atoms. The van der Waals surface area contributed by atoms with E-state index >= 15 is 0 Å². The van der Waals surface area contributed by atoms with Crippen molar-refractivity contribution in [3.8, 4) is 17.1 Å².